The van der Waals surface area contributed by atoms with Gasteiger partial charge in [0.2, 0.25) is 0 Å². The van der Waals surface area contributed by atoms with Gasteiger partial charge in [0.25, 0.3) is 0 Å². The molecule has 0 atom stereocenters. The first-order valence-electron chi connectivity index (χ1n) is 5.74. The number of carbonyl (C=O) groups excluding carboxylic acids is 1. The van der Waals surface area contributed by atoms with Crippen LogP contribution in [0.2, 0.25) is 5.02 Å². The summed E-state index contributed by atoms with van der Waals surface area (Å²) in [5, 5.41) is 0.390. The molecule has 7 heteroatoms. The molecule has 0 amide bonds. The molecule has 0 aliphatic rings. The van der Waals surface area contributed by atoms with Gasteiger partial charge in [-0.25, -0.2) is 13.6 Å². The highest BCUT2D eigenvalue weighted by molar-refractivity contribution is 9.10. The first kappa shape index (κ1) is 15.7. The van der Waals surface area contributed by atoms with Crippen LogP contribution in [0.4, 0.5) is 14.5 Å². The number of anilines is 1. The van der Waals surface area contributed by atoms with Gasteiger partial charge in [0.1, 0.15) is 18.2 Å². The Morgan fingerprint density at radius 3 is 2.62 bits per heavy atom. The van der Waals surface area contributed by atoms with Crippen LogP contribution in [0.3, 0.4) is 0 Å². The number of carbonyl (C=O) groups is 1. The quantitative estimate of drug-likeness (QED) is 0.641. The zero-order chi connectivity index (χ0) is 15.6. The molecule has 0 aliphatic carbocycles. The van der Waals surface area contributed by atoms with Crippen molar-refractivity contribution in [1.29, 1.82) is 0 Å². The van der Waals surface area contributed by atoms with Crippen LogP contribution in [0, 0.1) is 11.6 Å². The van der Waals surface area contributed by atoms with Gasteiger partial charge in [-0.05, 0) is 18.2 Å². The molecule has 0 radical (unpaired) electrons. The van der Waals surface area contributed by atoms with E-state index in [1.54, 1.807) is 18.2 Å². The van der Waals surface area contributed by atoms with Crippen molar-refractivity contribution in [2.24, 2.45) is 0 Å². The molecule has 0 aliphatic heterocycles. The highest BCUT2D eigenvalue weighted by Crippen LogP contribution is 2.23. The van der Waals surface area contributed by atoms with Crippen molar-refractivity contribution in [3.8, 4) is 0 Å². The highest BCUT2D eigenvalue weighted by Gasteiger charge is 2.17. The number of halogens is 4. The Morgan fingerprint density at radius 1 is 1.24 bits per heavy atom. The van der Waals surface area contributed by atoms with E-state index < -0.39 is 23.2 Å². The summed E-state index contributed by atoms with van der Waals surface area (Å²) in [5.74, 6) is -2.82. The molecule has 0 saturated carbocycles. The lowest BCUT2D eigenvalue weighted by Crippen LogP contribution is -2.09. The Kier molecular flexibility index (Phi) is 4.80. The Morgan fingerprint density at radius 2 is 1.95 bits per heavy atom. The number of ether oxygens (including phenoxy) is 1. The normalized spacial score (nSPS) is 10.5. The first-order chi connectivity index (χ1) is 9.88. The van der Waals surface area contributed by atoms with E-state index in [0.717, 1.165) is 10.5 Å². The van der Waals surface area contributed by atoms with Gasteiger partial charge in [-0.1, -0.05) is 33.6 Å². The minimum Gasteiger partial charge on any atom is -0.457 e. The Labute approximate surface area is 132 Å². The lowest BCUT2D eigenvalue weighted by Gasteiger charge is -2.08. The van der Waals surface area contributed by atoms with Crippen LogP contribution in [-0.2, 0) is 11.3 Å². The molecule has 2 rings (SSSR count). The molecule has 0 fully saturated rings. The molecule has 3 nitrogen and oxygen atoms in total. The predicted molar refractivity (Wildman–Crippen MR) is 79.0 cm³/mol. The lowest BCUT2D eigenvalue weighted by atomic mass is 10.2. The molecule has 2 aromatic rings. The average molecular weight is 377 g/mol. The fraction of sp³-hybridized carbons (Fsp3) is 0.0714. The molecule has 0 bridgehead atoms. The van der Waals surface area contributed by atoms with Crippen molar-refractivity contribution < 1.29 is 18.3 Å². The van der Waals surface area contributed by atoms with Gasteiger partial charge < -0.3 is 10.5 Å². The molecule has 21 heavy (non-hydrogen) atoms. The van der Waals surface area contributed by atoms with Crippen LogP contribution in [0.1, 0.15) is 15.9 Å². The van der Waals surface area contributed by atoms with Crippen LogP contribution in [0.15, 0.2) is 34.8 Å². The van der Waals surface area contributed by atoms with Crippen molar-refractivity contribution in [2.75, 3.05) is 5.73 Å². The largest absolute Gasteiger partial charge is 0.457 e. The van der Waals surface area contributed by atoms with Gasteiger partial charge in [0, 0.05) is 21.1 Å². The number of benzene rings is 2. The maximum absolute atomic E-state index is 13.6. The third-order valence-electron chi connectivity index (χ3n) is 2.68. The van der Waals surface area contributed by atoms with Crippen LogP contribution in [0.25, 0.3) is 0 Å². The zero-order valence-electron chi connectivity index (χ0n) is 10.5. The Hall–Kier alpha value is -1.66. The van der Waals surface area contributed by atoms with Crippen LogP contribution in [0.5, 0.6) is 0 Å². The van der Waals surface area contributed by atoms with E-state index in [9.17, 15) is 13.6 Å². The van der Waals surface area contributed by atoms with Crippen molar-refractivity contribution in [1.82, 2.24) is 0 Å². The van der Waals surface area contributed by atoms with E-state index in [2.05, 4.69) is 15.9 Å². The van der Waals surface area contributed by atoms with Gasteiger partial charge in [-0.2, -0.15) is 0 Å². The number of hydrogen-bond donors (Lipinski definition) is 1. The molecular formula is C14H9BrClF2NO2. The van der Waals surface area contributed by atoms with Crippen LogP contribution in [-0.4, -0.2) is 5.97 Å². The fourth-order valence-electron chi connectivity index (χ4n) is 1.58. The molecule has 0 spiro atoms. The number of nitrogen functional groups attached to an aromatic ring is 1. The van der Waals surface area contributed by atoms with Crippen molar-refractivity contribution in [2.45, 2.75) is 6.61 Å². The topological polar surface area (TPSA) is 52.3 Å². The monoisotopic (exact) mass is 375 g/mol. The molecular weight excluding hydrogens is 368 g/mol. The van der Waals surface area contributed by atoms with E-state index in [1.807, 2.05) is 0 Å². The second-order valence-corrected chi connectivity index (χ2v) is 5.49. The number of esters is 1. The van der Waals surface area contributed by atoms with E-state index >= 15 is 0 Å². The Balaban J connectivity index is 2.13. The molecule has 0 heterocycles. The SMILES string of the molecule is Nc1cc(F)c(C(=O)OCc2ccc(Br)cc2Cl)cc1F. The minimum absolute atomic E-state index is 0.156. The van der Waals surface area contributed by atoms with Crippen LogP contribution >= 0.6 is 27.5 Å². The highest BCUT2D eigenvalue weighted by atomic mass is 79.9. The predicted octanol–water partition coefficient (Wildman–Crippen LogP) is 4.32. The maximum atomic E-state index is 13.6. The van der Waals surface area contributed by atoms with Gasteiger partial charge in [-0.3, -0.25) is 0 Å². The zero-order valence-corrected chi connectivity index (χ0v) is 12.8. The summed E-state index contributed by atoms with van der Waals surface area (Å²) < 4.78 is 32.5. The summed E-state index contributed by atoms with van der Waals surface area (Å²) in [4.78, 5) is 11.8. The van der Waals surface area contributed by atoms with E-state index in [1.165, 1.54) is 0 Å². The average Bonchev–Trinajstić information content (AvgIpc) is 2.41. The lowest BCUT2D eigenvalue weighted by molar-refractivity contribution is 0.0467. The molecule has 0 saturated heterocycles. The standard InChI is InChI=1S/C14H9BrClF2NO2/c15-8-2-1-7(10(16)3-8)6-21-14(20)9-4-12(18)13(19)5-11(9)17/h1-5H,6,19H2. The van der Waals surface area contributed by atoms with Gasteiger partial charge in [0.15, 0.2) is 0 Å². The smallest absolute Gasteiger partial charge is 0.341 e. The summed E-state index contributed by atoms with van der Waals surface area (Å²) in [6, 6.07) is 6.45. The van der Waals surface area contributed by atoms with Crippen molar-refractivity contribution >= 4 is 39.2 Å². The van der Waals surface area contributed by atoms with E-state index in [0.29, 0.717) is 16.7 Å². The van der Waals surface area contributed by atoms with Crippen molar-refractivity contribution in [3.05, 3.63) is 62.6 Å². The van der Waals surface area contributed by atoms with Gasteiger partial charge in [0.05, 0.1) is 11.3 Å². The Bertz CT molecular complexity index is 710. The minimum atomic E-state index is -0.995. The van der Waals surface area contributed by atoms with Gasteiger partial charge >= 0.3 is 5.97 Å². The van der Waals surface area contributed by atoms with Gasteiger partial charge in [-0.15, -0.1) is 0 Å². The summed E-state index contributed by atoms with van der Waals surface area (Å²) in [6.07, 6.45) is 0. The molecule has 2 aromatic carbocycles. The molecule has 0 aromatic heterocycles. The second kappa shape index (κ2) is 6.41. The maximum Gasteiger partial charge on any atom is 0.341 e. The fourth-order valence-corrected chi connectivity index (χ4v) is 2.31. The van der Waals surface area contributed by atoms with E-state index in [4.69, 9.17) is 22.1 Å². The molecule has 2 N–H and O–H groups in total. The van der Waals surface area contributed by atoms with Crippen LogP contribution < -0.4 is 5.73 Å². The van der Waals surface area contributed by atoms with Crippen molar-refractivity contribution in [3.63, 3.8) is 0 Å². The van der Waals surface area contributed by atoms with E-state index in [-0.39, 0.29) is 12.3 Å². The summed E-state index contributed by atoms with van der Waals surface area (Å²) in [5.41, 5.74) is 4.85. The second-order valence-electron chi connectivity index (χ2n) is 4.17. The number of nitrogens with two attached hydrogens (primary N) is 1. The number of hydrogen-bond acceptors (Lipinski definition) is 3. The third-order valence-corrected chi connectivity index (χ3v) is 3.53. The molecule has 0 unspecified atom stereocenters. The summed E-state index contributed by atoms with van der Waals surface area (Å²) in [6.45, 7) is -0.156. The summed E-state index contributed by atoms with van der Waals surface area (Å²) >= 11 is 9.21. The summed E-state index contributed by atoms with van der Waals surface area (Å²) in [7, 11) is 0. The third kappa shape index (κ3) is 3.71. The number of rotatable bonds is 3. The molecule has 110 valence electrons. The first-order valence-corrected chi connectivity index (χ1v) is 6.91.